The molecule has 0 spiro atoms. The Hall–Kier alpha value is -2.68. The van der Waals surface area contributed by atoms with Crippen molar-refractivity contribution in [2.45, 2.75) is 23.3 Å². The number of hydrogen-bond donors (Lipinski definition) is 2. The minimum absolute atomic E-state index is 0.00976. The highest BCUT2D eigenvalue weighted by molar-refractivity contribution is 7.89. The van der Waals surface area contributed by atoms with Gasteiger partial charge in [0.1, 0.15) is 5.02 Å². The molecule has 9 heteroatoms. The first-order chi connectivity index (χ1) is 14.3. The number of sulfonamides is 1. The molecule has 156 valence electrons. The first-order valence-corrected chi connectivity index (χ1v) is 11.3. The lowest BCUT2D eigenvalue weighted by Gasteiger charge is -2.37. The second-order valence-corrected chi connectivity index (χ2v) is 9.51. The molecule has 0 amide bonds. The molecular weight excluding hydrogens is 426 g/mol. The highest BCUT2D eigenvalue weighted by Gasteiger charge is 2.39. The fourth-order valence-corrected chi connectivity index (χ4v) is 5.40. The van der Waals surface area contributed by atoms with Crippen molar-refractivity contribution in [3.8, 4) is 0 Å². The molecule has 2 N–H and O–H groups in total. The summed E-state index contributed by atoms with van der Waals surface area (Å²) in [6, 6.07) is 9.69. The molecule has 0 bridgehead atoms. The largest absolute Gasteiger partial charge is 0.378 e. The van der Waals surface area contributed by atoms with Crippen LogP contribution in [0.5, 0.6) is 0 Å². The van der Waals surface area contributed by atoms with Crippen molar-refractivity contribution < 1.29 is 13.3 Å². The van der Waals surface area contributed by atoms with Gasteiger partial charge in [-0.1, -0.05) is 35.9 Å². The highest BCUT2D eigenvalue weighted by Crippen LogP contribution is 2.50. The monoisotopic (exact) mass is 445 g/mol. The van der Waals surface area contributed by atoms with Crippen LogP contribution in [0.3, 0.4) is 0 Å². The summed E-state index contributed by atoms with van der Waals surface area (Å²) in [5.41, 5.74) is 2.36. The lowest BCUT2D eigenvalue weighted by molar-refractivity contribution is -0.384. The van der Waals surface area contributed by atoms with E-state index in [-0.39, 0.29) is 40.0 Å². The third-order valence-corrected chi connectivity index (χ3v) is 7.33. The predicted molar refractivity (Wildman–Crippen MR) is 116 cm³/mol. The van der Waals surface area contributed by atoms with Crippen LogP contribution in [-0.4, -0.2) is 19.9 Å². The van der Waals surface area contributed by atoms with Crippen LogP contribution >= 0.6 is 11.6 Å². The van der Waals surface area contributed by atoms with Gasteiger partial charge < -0.3 is 5.32 Å². The molecule has 1 aliphatic carbocycles. The molecule has 1 aliphatic heterocycles. The summed E-state index contributed by atoms with van der Waals surface area (Å²) in [4.78, 5) is 11.0. The molecule has 0 aromatic heterocycles. The normalized spacial score (nSPS) is 22.1. The van der Waals surface area contributed by atoms with Crippen LogP contribution in [0.1, 0.15) is 29.5 Å². The average molecular weight is 446 g/mol. The Labute approximate surface area is 179 Å². The Kier molecular flexibility index (Phi) is 5.40. The summed E-state index contributed by atoms with van der Waals surface area (Å²) in [7, 11) is -3.63. The van der Waals surface area contributed by atoms with Crippen LogP contribution in [0.4, 0.5) is 11.4 Å². The highest BCUT2D eigenvalue weighted by atomic mass is 35.5. The van der Waals surface area contributed by atoms with Gasteiger partial charge in [0.15, 0.2) is 0 Å². The van der Waals surface area contributed by atoms with Crippen LogP contribution in [0, 0.1) is 16.0 Å². The summed E-state index contributed by atoms with van der Waals surface area (Å²) in [5, 5.41) is 14.9. The molecule has 2 aromatic carbocycles. The van der Waals surface area contributed by atoms with Gasteiger partial charge in [-0.3, -0.25) is 10.1 Å². The van der Waals surface area contributed by atoms with Gasteiger partial charge in [-0.2, -0.15) is 0 Å². The number of fused-ring (bicyclic) bond motifs is 3. The van der Waals surface area contributed by atoms with Gasteiger partial charge in [0.2, 0.25) is 10.0 Å². The second-order valence-electron chi connectivity index (χ2n) is 7.33. The number of allylic oxidation sites excluding steroid dienone is 2. The van der Waals surface area contributed by atoms with Crippen molar-refractivity contribution in [3.05, 3.63) is 87.5 Å². The van der Waals surface area contributed by atoms with E-state index in [0.717, 1.165) is 23.2 Å². The van der Waals surface area contributed by atoms with Gasteiger partial charge in [-0.25, -0.2) is 13.1 Å². The Morgan fingerprint density at radius 3 is 2.83 bits per heavy atom. The molecule has 0 radical (unpaired) electrons. The second kappa shape index (κ2) is 7.86. The summed E-state index contributed by atoms with van der Waals surface area (Å²) < 4.78 is 27.5. The number of nitro groups is 1. The van der Waals surface area contributed by atoms with E-state index in [2.05, 4.69) is 28.8 Å². The summed E-state index contributed by atoms with van der Waals surface area (Å²) in [6.07, 6.45) is 6.42. The maximum Gasteiger partial charge on any atom is 0.288 e. The van der Waals surface area contributed by atoms with Gasteiger partial charge in [0.25, 0.3) is 5.69 Å². The Bertz CT molecular complexity index is 1160. The Morgan fingerprint density at radius 1 is 1.30 bits per heavy atom. The van der Waals surface area contributed by atoms with Crippen molar-refractivity contribution in [2.75, 3.05) is 11.9 Å². The molecule has 3 atom stereocenters. The number of nitrogens with zero attached hydrogens (tertiary/aromatic N) is 1. The summed E-state index contributed by atoms with van der Waals surface area (Å²) in [5.74, 6) is 0.118. The average Bonchev–Trinajstić information content (AvgIpc) is 3.22. The van der Waals surface area contributed by atoms with Crippen molar-refractivity contribution in [1.29, 1.82) is 0 Å². The molecule has 0 fully saturated rings. The lowest BCUT2D eigenvalue weighted by atomic mass is 9.77. The van der Waals surface area contributed by atoms with Gasteiger partial charge in [-0.15, -0.1) is 6.58 Å². The standard InChI is InChI=1S/C21H20ClN3O4S/c1-2-10-23-30(28,29)14-7-9-19-17(12-14)15-4-3-5-16(15)21(24-19)13-6-8-18(22)20(11-13)25(26)27/h2-4,6-9,11-12,15-16,21,23-24H,1,5,10H2. The first-order valence-electron chi connectivity index (χ1n) is 9.43. The van der Waals surface area contributed by atoms with Crippen molar-refractivity contribution in [2.24, 2.45) is 5.92 Å². The molecule has 30 heavy (non-hydrogen) atoms. The Balaban J connectivity index is 1.73. The van der Waals surface area contributed by atoms with Crippen LogP contribution in [0.25, 0.3) is 0 Å². The fourth-order valence-electron chi connectivity index (χ4n) is 4.18. The van der Waals surface area contributed by atoms with Crippen LogP contribution in [-0.2, 0) is 10.0 Å². The molecule has 2 aliphatic rings. The van der Waals surface area contributed by atoms with E-state index >= 15 is 0 Å². The first kappa shape index (κ1) is 20.6. The van der Waals surface area contributed by atoms with Crippen LogP contribution < -0.4 is 10.0 Å². The van der Waals surface area contributed by atoms with Gasteiger partial charge in [0.05, 0.1) is 15.9 Å². The zero-order chi connectivity index (χ0) is 21.5. The number of nitrogens with one attached hydrogen (secondary N) is 2. The number of nitro benzene ring substituents is 1. The topological polar surface area (TPSA) is 101 Å². The van der Waals surface area contributed by atoms with E-state index in [1.54, 1.807) is 30.3 Å². The Morgan fingerprint density at radius 2 is 2.10 bits per heavy atom. The van der Waals surface area contributed by atoms with E-state index in [1.807, 2.05) is 0 Å². The number of hydrogen-bond acceptors (Lipinski definition) is 5. The van der Waals surface area contributed by atoms with E-state index in [4.69, 9.17) is 11.6 Å². The van der Waals surface area contributed by atoms with Gasteiger partial charge in [0, 0.05) is 24.2 Å². The number of halogens is 1. The molecule has 1 heterocycles. The lowest BCUT2D eigenvalue weighted by Crippen LogP contribution is -2.30. The molecule has 7 nitrogen and oxygen atoms in total. The number of anilines is 1. The van der Waals surface area contributed by atoms with Crippen molar-refractivity contribution >= 4 is 33.0 Å². The number of benzene rings is 2. The van der Waals surface area contributed by atoms with Crippen LogP contribution in [0.15, 0.2) is 66.1 Å². The maximum absolute atomic E-state index is 12.5. The van der Waals surface area contributed by atoms with Crippen molar-refractivity contribution in [1.82, 2.24) is 4.72 Å². The van der Waals surface area contributed by atoms with E-state index in [9.17, 15) is 18.5 Å². The third-order valence-electron chi connectivity index (χ3n) is 5.59. The van der Waals surface area contributed by atoms with E-state index in [0.29, 0.717) is 0 Å². The van der Waals surface area contributed by atoms with Gasteiger partial charge in [-0.05, 0) is 47.7 Å². The molecule has 0 saturated heterocycles. The zero-order valence-electron chi connectivity index (χ0n) is 15.9. The fraction of sp³-hybridized carbons (Fsp3) is 0.238. The maximum atomic E-state index is 12.5. The van der Waals surface area contributed by atoms with Gasteiger partial charge >= 0.3 is 0 Å². The zero-order valence-corrected chi connectivity index (χ0v) is 17.5. The minimum Gasteiger partial charge on any atom is -0.378 e. The SMILES string of the molecule is C=CCNS(=O)(=O)c1ccc2c(c1)C1C=CCC1C(c1ccc(Cl)c([N+](=O)[O-])c1)N2. The predicted octanol–water partition coefficient (Wildman–Crippen LogP) is 4.54. The van der Waals surface area contributed by atoms with E-state index in [1.165, 1.54) is 12.1 Å². The van der Waals surface area contributed by atoms with E-state index < -0.39 is 14.9 Å². The van der Waals surface area contributed by atoms with Crippen LogP contribution in [0.2, 0.25) is 5.02 Å². The minimum atomic E-state index is -3.63. The van der Waals surface area contributed by atoms with Crippen molar-refractivity contribution in [3.63, 3.8) is 0 Å². The molecule has 3 unspecified atom stereocenters. The summed E-state index contributed by atoms with van der Waals surface area (Å²) in [6.45, 7) is 3.69. The third kappa shape index (κ3) is 3.62. The smallest absolute Gasteiger partial charge is 0.288 e. The molecular formula is C21H20ClN3O4S. The quantitative estimate of drug-likeness (QED) is 0.386. The number of rotatable bonds is 6. The molecule has 2 aromatic rings. The molecule has 4 rings (SSSR count). The molecule has 0 saturated carbocycles. The summed E-state index contributed by atoms with van der Waals surface area (Å²) >= 11 is 5.98.